The van der Waals surface area contributed by atoms with Crippen molar-refractivity contribution < 1.29 is 4.39 Å². The predicted octanol–water partition coefficient (Wildman–Crippen LogP) is 1.30. The Morgan fingerprint density at radius 1 is 1.35 bits per heavy atom. The summed E-state index contributed by atoms with van der Waals surface area (Å²) in [5.74, 6) is -0.298. The smallest absolute Gasteiger partial charge is 0.268 e. The second-order valence-corrected chi connectivity index (χ2v) is 3.64. The van der Waals surface area contributed by atoms with Gasteiger partial charge in [0.15, 0.2) is 0 Å². The van der Waals surface area contributed by atoms with E-state index in [4.69, 9.17) is 0 Å². The molecule has 5 heteroatoms. The number of nitrogens with one attached hydrogen (secondary N) is 2. The average molecular weight is 233 g/mol. The van der Waals surface area contributed by atoms with E-state index in [-0.39, 0.29) is 11.4 Å². The quantitative estimate of drug-likeness (QED) is 0.840. The number of halogens is 1. The summed E-state index contributed by atoms with van der Waals surface area (Å²) in [4.78, 5) is 11.4. The van der Waals surface area contributed by atoms with E-state index < -0.39 is 0 Å². The number of rotatable bonds is 3. The van der Waals surface area contributed by atoms with Crippen LogP contribution in [0.5, 0.6) is 0 Å². The Balaban J connectivity index is 2.42. The van der Waals surface area contributed by atoms with Crippen molar-refractivity contribution >= 4 is 0 Å². The van der Waals surface area contributed by atoms with Crippen LogP contribution in [0.1, 0.15) is 5.56 Å². The maximum Gasteiger partial charge on any atom is 0.268 e. The summed E-state index contributed by atoms with van der Waals surface area (Å²) < 4.78 is 12.8. The number of benzene rings is 1. The first-order valence-electron chi connectivity index (χ1n) is 5.20. The van der Waals surface area contributed by atoms with Gasteiger partial charge in [0, 0.05) is 17.7 Å². The molecule has 0 aliphatic heterocycles. The maximum atomic E-state index is 12.8. The Morgan fingerprint density at radius 3 is 2.71 bits per heavy atom. The molecule has 88 valence electrons. The molecule has 0 atom stereocenters. The van der Waals surface area contributed by atoms with Gasteiger partial charge in [0.1, 0.15) is 5.82 Å². The zero-order chi connectivity index (χ0) is 12.3. The lowest BCUT2D eigenvalue weighted by atomic mass is 10.1. The van der Waals surface area contributed by atoms with E-state index in [1.165, 1.54) is 12.1 Å². The number of hydrogen-bond acceptors (Lipinski definition) is 3. The van der Waals surface area contributed by atoms with Crippen molar-refractivity contribution in [1.82, 2.24) is 15.5 Å². The molecule has 0 fully saturated rings. The summed E-state index contributed by atoms with van der Waals surface area (Å²) in [6.07, 6.45) is 0. The highest BCUT2D eigenvalue weighted by atomic mass is 19.1. The molecule has 2 aromatic rings. The van der Waals surface area contributed by atoms with Gasteiger partial charge in [0.25, 0.3) is 5.56 Å². The highest BCUT2D eigenvalue weighted by molar-refractivity contribution is 5.58. The van der Waals surface area contributed by atoms with Gasteiger partial charge >= 0.3 is 0 Å². The number of aromatic amines is 1. The molecule has 0 aliphatic rings. The highest BCUT2D eigenvalue weighted by Crippen LogP contribution is 2.16. The molecule has 1 heterocycles. The van der Waals surface area contributed by atoms with Crippen LogP contribution in [0.15, 0.2) is 35.1 Å². The molecule has 0 bridgehead atoms. The molecule has 2 N–H and O–H groups in total. The molecule has 17 heavy (non-hydrogen) atoms. The van der Waals surface area contributed by atoms with Crippen molar-refractivity contribution in [2.45, 2.75) is 6.54 Å². The van der Waals surface area contributed by atoms with Crippen molar-refractivity contribution in [2.24, 2.45) is 0 Å². The topological polar surface area (TPSA) is 57.8 Å². The first kappa shape index (κ1) is 11.5. The van der Waals surface area contributed by atoms with E-state index in [1.54, 1.807) is 25.2 Å². The molecular formula is C12H12FN3O. The number of aromatic nitrogens is 2. The van der Waals surface area contributed by atoms with Gasteiger partial charge < -0.3 is 5.32 Å². The third-order valence-corrected chi connectivity index (χ3v) is 2.39. The Hall–Kier alpha value is -2.01. The highest BCUT2D eigenvalue weighted by Gasteiger charge is 2.04. The lowest BCUT2D eigenvalue weighted by Gasteiger charge is -2.03. The molecular weight excluding hydrogens is 221 g/mol. The van der Waals surface area contributed by atoms with Gasteiger partial charge in [-0.25, -0.2) is 9.49 Å². The number of hydrogen-bond donors (Lipinski definition) is 2. The summed E-state index contributed by atoms with van der Waals surface area (Å²) >= 11 is 0. The van der Waals surface area contributed by atoms with Crippen LogP contribution in [-0.2, 0) is 6.54 Å². The largest absolute Gasteiger partial charge is 0.315 e. The van der Waals surface area contributed by atoms with E-state index in [9.17, 15) is 9.18 Å². The zero-order valence-electron chi connectivity index (χ0n) is 9.33. The lowest BCUT2D eigenvalue weighted by molar-refractivity contribution is 0.628. The van der Waals surface area contributed by atoms with Crippen molar-refractivity contribution in [1.29, 1.82) is 0 Å². The van der Waals surface area contributed by atoms with Gasteiger partial charge in [0.2, 0.25) is 0 Å². The predicted molar refractivity (Wildman–Crippen MR) is 63.0 cm³/mol. The van der Waals surface area contributed by atoms with Crippen LogP contribution in [-0.4, -0.2) is 17.2 Å². The molecule has 0 saturated heterocycles. The monoisotopic (exact) mass is 233 g/mol. The van der Waals surface area contributed by atoms with Crippen molar-refractivity contribution in [2.75, 3.05) is 7.05 Å². The molecule has 0 amide bonds. The van der Waals surface area contributed by atoms with Gasteiger partial charge in [0.05, 0.1) is 5.69 Å². The van der Waals surface area contributed by atoms with Gasteiger partial charge in [-0.2, -0.15) is 5.10 Å². The molecule has 1 aromatic heterocycles. The number of nitrogens with zero attached hydrogens (tertiary/aromatic N) is 1. The Bertz CT molecular complexity index is 563. The molecule has 2 rings (SSSR count). The molecule has 0 unspecified atom stereocenters. The van der Waals surface area contributed by atoms with Crippen molar-refractivity contribution in [3.05, 3.63) is 52.1 Å². The molecule has 0 aliphatic carbocycles. The van der Waals surface area contributed by atoms with Crippen LogP contribution in [0.25, 0.3) is 11.3 Å². The van der Waals surface area contributed by atoms with E-state index in [2.05, 4.69) is 15.5 Å². The average Bonchev–Trinajstić information content (AvgIpc) is 2.33. The summed E-state index contributed by atoms with van der Waals surface area (Å²) in [6.45, 7) is 0.464. The van der Waals surface area contributed by atoms with Gasteiger partial charge in [-0.05, 0) is 37.4 Å². The molecule has 0 spiro atoms. The van der Waals surface area contributed by atoms with E-state index in [0.29, 0.717) is 17.8 Å². The standard InChI is InChI=1S/C12H12FN3O/c1-14-7-9-6-11(15-16-12(9)17)8-2-4-10(13)5-3-8/h2-6,14H,7H2,1H3,(H,16,17). The summed E-state index contributed by atoms with van der Waals surface area (Å²) in [5.41, 5.74) is 1.77. The van der Waals surface area contributed by atoms with Gasteiger partial charge in [-0.3, -0.25) is 4.79 Å². The Labute approximate surface area is 97.5 Å². The second-order valence-electron chi connectivity index (χ2n) is 3.64. The minimum absolute atomic E-state index is 0.217. The Kier molecular flexibility index (Phi) is 3.30. The van der Waals surface area contributed by atoms with Crippen LogP contribution in [0.2, 0.25) is 0 Å². The second kappa shape index (κ2) is 4.88. The molecule has 0 saturated carbocycles. The van der Waals surface area contributed by atoms with E-state index in [0.717, 1.165) is 5.56 Å². The Morgan fingerprint density at radius 2 is 2.06 bits per heavy atom. The van der Waals surface area contributed by atoms with Crippen LogP contribution in [0.3, 0.4) is 0 Å². The minimum atomic E-state index is -0.298. The van der Waals surface area contributed by atoms with Crippen LogP contribution < -0.4 is 10.9 Å². The van der Waals surface area contributed by atoms with Gasteiger partial charge in [-0.15, -0.1) is 0 Å². The SMILES string of the molecule is CNCc1cc(-c2ccc(F)cc2)n[nH]c1=O. The fourth-order valence-corrected chi connectivity index (χ4v) is 1.54. The lowest BCUT2D eigenvalue weighted by Crippen LogP contribution is -2.19. The third kappa shape index (κ3) is 2.57. The van der Waals surface area contributed by atoms with E-state index in [1.807, 2.05) is 0 Å². The summed E-state index contributed by atoms with van der Waals surface area (Å²) in [5, 5.41) is 9.27. The van der Waals surface area contributed by atoms with Crippen molar-refractivity contribution in [3.63, 3.8) is 0 Å². The molecule has 0 radical (unpaired) electrons. The summed E-state index contributed by atoms with van der Waals surface area (Å²) in [6, 6.07) is 7.67. The fourth-order valence-electron chi connectivity index (χ4n) is 1.54. The van der Waals surface area contributed by atoms with Crippen LogP contribution in [0, 0.1) is 5.82 Å². The van der Waals surface area contributed by atoms with Crippen molar-refractivity contribution in [3.8, 4) is 11.3 Å². The maximum absolute atomic E-state index is 12.8. The molecule has 1 aromatic carbocycles. The van der Waals surface area contributed by atoms with E-state index >= 15 is 0 Å². The zero-order valence-corrected chi connectivity index (χ0v) is 9.33. The molecule has 4 nitrogen and oxygen atoms in total. The first-order valence-corrected chi connectivity index (χ1v) is 5.20. The fraction of sp³-hybridized carbons (Fsp3) is 0.167. The van der Waals surface area contributed by atoms with Crippen LogP contribution >= 0.6 is 0 Å². The van der Waals surface area contributed by atoms with Gasteiger partial charge in [-0.1, -0.05) is 0 Å². The number of H-pyrrole nitrogens is 1. The first-order chi connectivity index (χ1) is 8.20. The van der Waals surface area contributed by atoms with Crippen LogP contribution in [0.4, 0.5) is 4.39 Å². The minimum Gasteiger partial charge on any atom is -0.315 e. The normalized spacial score (nSPS) is 10.5. The third-order valence-electron chi connectivity index (χ3n) is 2.39. The summed E-state index contributed by atoms with van der Waals surface area (Å²) in [7, 11) is 1.76.